The van der Waals surface area contributed by atoms with E-state index in [9.17, 15) is 14.9 Å². The van der Waals surface area contributed by atoms with Crippen LogP contribution in [0.25, 0.3) is 11.3 Å². The number of nitro benzene ring substituents is 1. The minimum Gasteiger partial charge on any atom is -0.497 e. The van der Waals surface area contributed by atoms with Crippen molar-refractivity contribution in [3.63, 3.8) is 0 Å². The Morgan fingerprint density at radius 3 is 2.75 bits per heavy atom. The molecule has 0 aliphatic rings. The van der Waals surface area contributed by atoms with E-state index in [2.05, 4.69) is 10.5 Å². The van der Waals surface area contributed by atoms with Crippen molar-refractivity contribution in [3.05, 3.63) is 81.6 Å². The number of hydrazone groups is 1. The van der Waals surface area contributed by atoms with Crippen LogP contribution in [0.4, 0.5) is 5.69 Å². The monoisotopic (exact) mass is 379 g/mol. The highest BCUT2D eigenvalue weighted by atomic mass is 16.6. The predicted molar refractivity (Wildman–Crippen MR) is 104 cm³/mol. The Kier molecular flexibility index (Phi) is 5.50. The van der Waals surface area contributed by atoms with Gasteiger partial charge < -0.3 is 9.15 Å². The van der Waals surface area contributed by atoms with Crippen molar-refractivity contribution < 1.29 is 18.9 Å². The van der Waals surface area contributed by atoms with Crippen LogP contribution >= 0.6 is 0 Å². The van der Waals surface area contributed by atoms with Crippen LogP contribution in [0.15, 0.2) is 64.1 Å². The average Bonchev–Trinajstić information content (AvgIpc) is 3.16. The summed E-state index contributed by atoms with van der Waals surface area (Å²) in [5.74, 6) is 0.672. The first-order valence-electron chi connectivity index (χ1n) is 8.30. The zero-order valence-electron chi connectivity index (χ0n) is 15.2. The molecule has 0 bridgehead atoms. The number of furan rings is 1. The largest absolute Gasteiger partial charge is 0.497 e. The molecule has 0 saturated heterocycles. The maximum atomic E-state index is 12.1. The summed E-state index contributed by atoms with van der Waals surface area (Å²) < 4.78 is 10.6. The van der Waals surface area contributed by atoms with Crippen molar-refractivity contribution in [2.24, 2.45) is 5.10 Å². The first-order chi connectivity index (χ1) is 13.5. The van der Waals surface area contributed by atoms with Crippen molar-refractivity contribution in [3.8, 4) is 17.1 Å². The molecule has 0 saturated carbocycles. The van der Waals surface area contributed by atoms with Gasteiger partial charge >= 0.3 is 0 Å². The second kappa shape index (κ2) is 8.17. The Bertz CT molecular complexity index is 1060. The van der Waals surface area contributed by atoms with Gasteiger partial charge in [-0.05, 0) is 43.3 Å². The van der Waals surface area contributed by atoms with Gasteiger partial charge in [0.2, 0.25) is 0 Å². The number of ether oxygens (including phenoxy) is 1. The van der Waals surface area contributed by atoms with Gasteiger partial charge in [0.1, 0.15) is 17.3 Å². The second-order valence-electron chi connectivity index (χ2n) is 5.91. The minimum absolute atomic E-state index is 0.134. The maximum Gasteiger partial charge on any atom is 0.284 e. The highest BCUT2D eigenvalue weighted by Crippen LogP contribution is 2.33. The third kappa shape index (κ3) is 4.24. The van der Waals surface area contributed by atoms with Crippen LogP contribution in [0.1, 0.15) is 21.7 Å². The molecule has 1 heterocycles. The number of methoxy groups -OCH3 is 1. The fourth-order valence-corrected chi connectivity index (χ4v) is 2.57. The highest BCUT2D eigenvalue weighted by Gasteiger charge is 2.19. The third-order valence-corrected chi connectivity index (χ3v) is 3.93. The molecule has 2 aromatic carbocycles. The minimum atomic E-state index is -0.504. The van der Waals surface area contributed by atoms with Crippen LogP contribution < -0.4 is 10.2 Å². The van der Waals surface area contributed by atoms with Crippen LogP contribution in [-0.4, -0.2) is 24.2 Å². The summed E-state index contributed by atoms with van der Waals surface area (Å²) in [6, 6.07) is 14.8. The molecule has 0 aliphatic carbocycles. The van der Waals surface area contributed by atoms with Gasteiger partial charge in [-0.3, -0.25) is 14.9 Å². The topological polar surface area (TPSA) is 107 Å². The molecule has 0 unspecified atom stereocenters. The highest BCUT2D eigenvalue weighted by molar-refractivity contribution is 5.94. The molecule has 0 spiro atoms. The normalized spacial score (nSPS) is 10.8. The summed E-state index contributed by atoms with van der Waals surface area (Å²) in [4.78, 5) is 22.9. The van der Waals surface area contributed by atoms with Gasteiger partial charge in [0.15, 0.2) is 0 Å². The van der Waals surface area contributed by atoms with E-state index in [0.29, 0.717) is 28.4 Å². The molecule has 142 valence electrons. The standard InChI is InChI=1S/C20H17N3O5/c1-13-4-3-5-14(10-13)20(24)22-21-12-16-7-9-19(28-16)17-8-6-15(27-2)11-18(17)23(25)26/h3-12H,1-2H3,(H,22,24)/b21-12-. The molecule has 8 heteroatoms. The van der Waals surface area contributed by atoms with Crippen LogP contribution in [0.3, 0.4) is 0 Å². The molecule has 1 amide bonds. The number of rotatable bonds is 6. The van der Waals surface area contributed by atoms with E-state index >= 15 is 0 Å². The van der Waals surface area contributed by atoms with Gasteiger partial charge in [-0.15, -0.1) is 0 Å². The molecule has 0 aliphatic heterocycles. The number of benzene rings is 2. The summed E-state index contributed by atoms with van der Waals surface area (Å²) in [5.41, 5.74) is 4.05. The molecule has 8 nitrogen and oxygen atoms in total. The molecule has 0 fully saturated rings. The number of nitrogens with zero attached hydrogens (tertiary/aromatic N) is 2. The number of hydrogen-bond acceptors (Lipinski definition) is 6. The van der Waals surface area contributed by atoms with E-state index in [0.717, 1.165) is 5.56 Å². The Hall–Kier alpha value is -3.94. The third-order valence-electron chi connectivity index (χ3n) is 3.93. The van der Waals surface area contributed by atoms with Gasteiger partial charge in [0.25, 0.3) is 11.6 Å². The number of amides is 1. The van der Waals surface area contributed by atoms with Gasteiger partial charge in [-0.1, -0.05) is 17.7 Å². The molecule has 28 heavy (non-hydrogen) atoms. The van der Waals surface area contributed by atoms with Crippen molar-refractivity contribution >= 4 is 17.8 Å². The fourth-order valence-electron chi connectivity index (χ4n) is 2.57. The Balaban J connectivity index is 1.75. The van der Waals surface area contributed by atoms with E-state index < -0.39 is 4.92 Å². The number of nitro groups is 1. The number of aryl methyl sites for hydroxylation is 1. The molecule has 1 N–H and O–H groups in total. The quantitative estimate of drug-likeness (QED) is 0.397. The van der Waals surface area contributed by atoms with Crippen molar-refractivity contribution in [1.82, 2.24) is 5.43 Å². The summed E-state index contributed by atoms with van der Waals surface area (Å²) in [6.45, 7) is 1.89. The molecule has 3 aromatic rings. The van der Waals surface area contributed by atoms with Crippen LogP contribution in [0.2, 0.25) is 0 Å². The number of nitrogens with one attached hydrogen (secondary N) is 1. The lowest BCUT2D eigenvalue weighted by molar-refractivity contribution is -0.384. The molecule has 0 radical (unpaired) electrons. The van der Waals surface area contributed by atoms with Crippen molar-refractivity contribution in [2.75, 3.05) is 7.11 Å². The average molecular weight is 379 g/mol. The zero-order chi connectivity index (χ0) is 20.1. The van der Waals surface area contributed by atoms with Crippen molar-refractivity contribution in [1.29, 1.82) is 0 Å². The van der Waals surface area contributed by atoms with E-state index in [1.165, 1.54) is 19.4 Å². The Labute approximate surface area is 160 Å². The first-order valence-corrected chi connectivity index (χ1v) is 8.30. The molecular weight excluding hydrogens is 362 g/mol. The number of carbonyl (C=O) groups is 1. The van der Waals surface area contributed by atoms with E-state index in [1.54, 1.807) is 42.5 Å². The van der Waals surface area contributed by atoms with E-state index in [-0.39, 0.29) is 11.6 Å². The van der Waals surface area contributed by atoms with Gasteiger partial charge in [-0.25, -0.2) is 5.43 Å². The summed E-state index contributed by atoms with van der Waals surface area (Å²) in [6.07, 6.45) is 1.33. The van der Waals surface area contributed by atoms with Gasteiger partial charge in [-0.2, -0.15) is 5.10 Å². The lowest BCUT2D eigenvalue weighted by atomic mass is 10.1. The van der Waals surface area contributed by atoms with Gasteiger partial charge in [0.05, 0.1) is 29.9 Å². The summed E-state index contributed by atoms with van der Waals surface area (Å²) in [7, 11) is 1.44. The lowest BCUT2D eigenvalue weighted by Crippen LogP contribution is -2.17. The molecule has 0 atom stereocenters. The molecular formula is C20H17N3O5. The van der Waals surface area contributed by atoms with E-state index in [1.807, 2.05) is 13.0 Å². The summed E-state index contributed by atoms with van der Waals surface area (Å²) in [5, 5.41) is 15.2. The number of carbonyl (C=O) groups excluding carboxylic acids is 1. The van der Waals surface area contributed by atoms with E-state index in [4.69, 9.17) is 9.15 Å². The molecule has 3 rings (SSSR count). The number of hydrogen-bond donors (Lipinski definition) is 1. The summed E-state index contributed by atoms with van der Waals surface area (Å²) >= 11 is 0. The molecule has 1 aromatic heterocycles. The Morgan fingerprint density at radius 2 is 2.04 bits per heavy atom. The Morgan fingerprint density at radius 1 is 1.21 bits per heavy atom. The maximum absolute atomic E-state index is 12.1. The second-order valence-corrected chi connectivity index (χ2v) is 5.91. The lowest BCUT2D eigenvalue weighted by Gasteiger charge is -2.03. The van der Waals surface area contributed by atoms with Crippen molar-refractivity contribution in [2.45, 2.75) is 6.92 Å². The SMILES string of the molecule is COc1ccc(-c2ccc(/C=N\NC(=O)c3cccc(C)c3)o2)c([N+](=O)[O-])c1. The van der Waals surface area contributed by atoms with Crippen LogP contribution in [0, 0.1) is 17.0 Å². The first kappa shape index (κ1) is 18.8. The van der Waals surface area contributed by atoms with Crippen LogP contribution in [-0.2, 0) is 0 Å². The smallest absolute Gasteiger partial charge is 0.284 e. The zero-order valence-corrected chi connectivity index (χ0v) is 15.2. The fraction of sp³-hybridized carbons (Fsp3) is 0.100. The van der Waals surface area contributed by atoms with Gasteiger partial charge in [0, 0.05) is 5.56 Å². The van der Waals surface area contributed by atoms with Crippen LogP contribution in [0.5, 0.6) is 5.75 Å². The predicted octanol–water partition coefficient (Wildman–Crippen LogP) is 3.94.